The normalized spacial score (nSPS) is 12.4. The van der Waals surface area contributed by atoms with E-state index in [0.717, 1.165) is 0 Å². The van der Waals surface area contributed by atoms with Crippen molar-refractivity contribution in [2.75, 3.05) is 13.2 Å². The fraction of sp³-hybridized carbons (Fsp3) is 0.500. The van der Waals surface area contributed by atoms with Crippen LogP contribution in [0.15, 0.2) is 28.8 Å². The summed E-state index contributed by atoms with van der Waals surface area (Å²) in [5.41, 5.74) is 0.605. The van der Waals surface area contributed by atoms with E-state index in [2.05, 4.69) is 10.5 Å². The van der Waals surface area contributed by atoms with E-state index in [9.17, 15) is 5.11 Å². The van der Waals surface area contributed by atoms with Crippen LogP contribution in [0, 0.1) is 6.92 Å². The molecule has 6 nitrogen and oxygen atoms in total. The van der Waals surface area contributed by atoms with Crippen LogP contribution in [0.2, 0.25) is 5.02 Å². The molecule has 146 valence electrons. The minimum absolute atomic E-state index is 0. The molecule has 1 aromatic heterocycles. The van der Waals surface area contributed by atoms with Crippen molar-refractivity contribution in [3.8, 4) is 11.5 Å². The fourth-order valence-electron chi connectivity index (χ4n) is 1.95. The summed E-state index contributed by atoms with van der Waals surface area (Å²) in [6, 6.07) is 7.14. The number of rotatable bonds is 8. The number of hydrogen-bond donors (Lipinski definition) is 2. The maximum atomic E-state index is 9.93. The van der Waals surface area contributed by atoms with Gasteiger partial charge in [-0.15, -0.1) is 12.4 Å². The summed E-state index contributed by atoms with van der Waals surface area (Å²) in [5.74, 6) is 1.82. The van der Waals surface area contributed by atoms with Crippen LogP contribution >= 0.6 is 24.0 Å². The number of aliphatic hydroxyl groups excluding tert-OH is 1. The maximum Gasteiger partial charge on any atom is 0.192 e. The Balaban J connectivity index is 0.00000338. The lowest BCUT2D eigenvalue weighted by Crippen LogP contribution is -2.42. The van der Waals surface area contributed by atoms with Crippen LogP contribution in [0.3, 0.4) is 0 Å². The van der Waals surface area contributed by atoms with E-state index in [1.807, 2.05) is 20.8 Å². The largest absolute Gasteiger partial charge is 0.491 e. The SMILES string of the molecule is Cc1noc(COc2ccc(OCC(O)CNC(C)(C)C)cc2)c1Cl.Cl. The molecule has 0 bridgehead atoms. The first-order valence-corrected chi connectivity index (χ1v) is 8.52. The number of β-amino-alcohol motifs (C(OH)–C–C–N with tert-alkyl or cyclic N) is 1. The third kappa shape index (κ3) is 7.41. The first-order chi connectivity index (χ1) is 11.7. The van der Waals surface area contributed by atoms with Crippen LogP contribution in [0.25, 0.3) is 0 Å². The molecule has 2 N–H and O–H groups in total. The molecule has 0 aliphatic rings. The van der Waals surface area contributed by atoms with Crippen molar-refractivity contribution in [2.24, 2.45) is 0 Å². The summed E-state index contributed by atoms with van der Waals surface area (Å²) >= 11 is 6.04. The molecule has 8 heteroatoms. The van der Waals surface area contributed by atoms with Crippen molar-refractivity contribution in [3.63, 3.8) is 0 Å². The Morgan fingerprint density at radius 2 is 1.77 bits per heavy atom. The van der Waals surface area contributed by atoms with Crippen molar-refractivity contribution in [1.29, 1.82) is 0 Å². The van der Waals surface area contributed by atoms with Crippen LogP contribution in [-0.4, -0.2) is 35.1 Å². The molecule has 1 heterocycles. The second kappa shape index (κ2) is 10.0. The van der Waals surface area contributed by atoms with E-state index >= 15 is 0 Å². The zero-order chi connectivity index (χ0) is 18.4. The summed E-state index contributed by atoms with van der Waals surface area (Å²) in [4.78, 5) is 0. The molecule has 26 heavy (non-hydrogen) atoms. The monoisotopic (exact) mass is 404 g/mol. The molecule has 0 saturated heterocycles. The predicted octanol–water partition coefficient (Wildman–Crippen LogP) is 3.77. The number of aliphatic hydroxyl groups is 1. The van der Waals surface area contributed by atoms with Gasteiger partial charge in [0.05, 0.1) is 5.69 Å². The summed E-state index contributed by atoms with van der Waals surface area (Å²) in [6.07, 6.45) is -0.577. The van der Waals surface area contributed by atoms with E-state index in [4.69, 9.17) is 25.6 Å². The molecule has 0 saturated carbocycles. The Bertz CT molecular complexity index is 669. The Morgan fingerprint density at radius 1 is 1.19 bits per heavy atom. The summed E-state index contributed by atoms with van der Waals surface area (Å²) in [6.45, 7) is 8.81. The fourth-order valence-corrected chi connectivity index (χ4v) is 2.08. The van der Waals surface area contributed by atoms with Crippen molar-refractivity contribution in [3.05, 3.63) is 40.7 Å². The highest BCUT2D eigenvalue weighted by Gasteiger charge is 2.13. The highest BCUT2D eigenvalue weighted by Crippen LogP contribution is 2.23. The van der Waals surface area contributed by atoms with Crippen LogP contribution in [0.5, 0.6) is 11.5 Å². The lowest BCUT2D eigenvalue weighted by Gasteiger charge is -2.23. The van der Waals surface area contributed by atoms with Gasteiger partial charge >= 0.3 is 0 Å². The van der Waals surface area contributed by atoms with Gasteiger partial charge in [0.25, 0.3) is 0 Å². The molecule has 1 atom stereocenters. The lowest BCUT2D eigenvalue weighted by atomic mass is 10.1. The van der Waals surface area contributed by atoms with Crippen LogP contribution in [0.1, 0.15) is 32.2 Å². The average Bonchev–Trinajstić information content (AvgIpc) is 2.88. The molecule has 0 radical (unpaired) electrons. The predicted molar refractivity (Wildman–Crippen MR) is 104 cm³/mol. The van der Waals surface area contributed by atoms with Crippen molar-refractivity contribution in [1.82, 2.24) is 10.5 Å². The van der Waals surface area contributed by atoms with Gasteiger partial charge in [-0.3, -0.25) is 0 Å². The molecule has 0 fully saturated rings. The minimum atomic E-state index is -0.577. The van der Waals surface area contributed by atoms with Gasteiger partial charge in [0.1, 0.15) is 29.2 Å². The van der Waals surface area contributed by atoms with E-state index < -0.39 is 6.10 Å². The van der Waals surface area contributed by atoms with E-state index in [1.165, 1.54) is 0 Å². The number of ether oxygens (including phenoxy) is 2. The zero-order valence-electron chi connectivity index (χ0n) is 15.4. The van der Waals surface area contributed by atoms with E-state index in [-0.39, 0.29) is 31.2 Å². The number of benzene rings is 1. The zero-order valence-corrected chi connectivity index (χ0v) is 17.0. The van der Waals surface area contributed by atoms with E-state index in [1.54, 1.807) is 31.2 Å². The van der Waals surface area contributed by atoms with Gasteiger partial charge in [-0.1, -0.05) is 16.8 Å². The number of aromatic nitrogens is 1. The van der Waals surface area contributed by atoms with Crippen molar-refractivity contribution < 1.29 is 19.1 Å². The molecule has 2 aromatic rings. The van der Waals surface area contributed by atoms with E-state index in [0.29, 0.717) is 34.5 Å². The molecule has 1 unspecified atom stereocenters. The smallest absolute Gasteiger partial charge is 0.192 e. The number of halogens is 2. The first-order valence-electron chi connectivity index (χ1n) is 8.14. The number of aryl methyl sites for hydroxylation is 1. The highest BCUT2D eigenvalue weighted by atomic mass is 35.5. The molecule has 0 amide bonds. The Kier molecular flexibility index (Phi) is 8.70. The van der Waals surface area contributed by atoms with Crippen LogP contribution < -0.4 is 14.8 Å². The van der Waals surface area contributed by atoms with Crippen LogP contribution in [-0.2, 0) is 6.61 Å². The standard InChI is InChI=1S/C18H25ClN2O4.ClH/c1-12-17(19)16(25-21-12)11-24-15-7-5-14(6-8-15)23-10-13(22)9-20-18(2,3)4;/h5-8,13,20,22H,9-11H2,1-4H3;1H. The highest BCUT2D eigenvalue weighted by molar-refractivity contribution is 6.31. The first kappa shape index (κ1) is 22.6. The summed E-state index contributed by atoms with van der Waals surface area (Å²) in [7, 11) is 0. The Morgan fingerprint density at radius 3 is 2.27 bits per heavy atom. The van der Waals surface area contributed by atoms with Gasteiger partial charge in [-0.25, -0.2) is 0 Å². The van der Waals surface area contributed by atoms with Crippen LogP contribution in [0.4, 0.5) is 0 Å². The molecular formula is C18H26Cl2N2O4. The summed E-state index contributed by atoms with van der Waals surface area (Å²) in [5, 5.41) is 17.4. The number of hydrogen-bond acceptors (Lipinski definition) is 6. The van der Waals surface area contributed by atoms with Crippen molar-refractivity contribution in [2.45, 2.75) is 45.9 Å². The second-order valence-electron chi connectivity index (χ2n) is 6.86. The molecule has 0 spiro atoms. The summed E-state index contributed by atoms with van der Waals surface area (Å²) < 4.78 is 16.3. The Labute approximate surface area is 165 Å². The van der Waals surface area contributed by atoms with Gasteiger partial charge in [0.2, 0.25) is 0 Å². The van der Waals surface area contributed by atoms with Gasteiger partial charge in [-0.2, -0.15) is 0 Å². The minimum Gasteiger partial charge on any atom is -0.491 e. The average molecular weight is 405 g/mol. The van der Waals surface area contributed by atoms with Gasteiger partial charge in [0, 0.05) is 12.1 Å². The molecule has 0 aliphatic carbocycles. The van der Waals surface area contributed by atoms with Gasteiger partial charge in [0.15, 0.2) is 12.4 Å². The van der Waals surface area contributed by atoms with Gasteiger partial charge < -0.3 is 24.4 Å². The Hall–Kier alpha value is -1.47. The number of nitrogens with zero attached hydrogens (tertiary/aromatic N) is 1. The molecule has 1 aromatic carbocycles. The third-order valence-corrected chi connectivity index (χ3v) is 3.84. The third-order valence-electron chi connectivity index (χ3n) is 3.36. The molecular weight excluding hydrogens is 379 g/mol. The molecule has 2 rings (SSSR count). The maximum absolute atomic E-state index is 9.93. The topological polar surface area (TPSA) is 76.8 Å². The second-order valence-corrected chi connectivity index (χ2v) is 7.24. The van der Waals surface area contributed by atoms with Gasteiger partial charge in [-0.05, 0) is 52.0 Å². The lowest BCUT2D eigenvalue weighted by molar-refractivity contribution is 0.1000. The quantitative estimate of drug-likeness (QED) is 0.697. The number of nitrogens with one attached hydrogen (secondary N) is 1. The molecule has 0 aliphatic heterocycles. The van der Waals surface area contributed by atoms with Crippen molar-refractivity contribution >= 4 is 24.0 Å².